The minimum absolute atomic E-state index is 0.0351. The number of imidazole rings is 1. The molecule has 5 rings (SSSR count). The number of nitrogens with one attached hydrogen (secondary N) is 1. The highest BCUT2D eigenvalue weighted by Gasteiger charge is 2.33. The topological polar surface area (TPSA) is 123 Å². The third-order valence-corrected chi connectivity index (χ3v) is 8.07. The van der Waals surface area contributed by atoms with Crippen molar-refractivity contribution in [2.24, 2.45) is 0 Å². The lowest BCUT2D eigenvalue weighted by atomic mass is 9.97. The summed E-state index contributed by atoms with van der Waals surface area (Å²) in [5.41, 5.74) is 5.43. The van der Waals surface area contributed by atoms with Crippen LogP contribution in [0.5, 0.6) is 0 Å². The molecule has 2 heterocycles. The number of halogens is 2. The molecule has 3 aromatic carbocycles. The van der Waals surface area contributed by atoms with Crippen molar-refractivity contribution in [2.45, 2.75) is 57.5 Å². The number of hydrogen-bond acceptors (Lipinski definition) is 6. The molecule has 1 aliphatic rings. The van der Waals surface area contributed by atoms with Crippen molar-refractivity contribution in [1.82, 2.24) is 14.9 Å². The number of aliphatic hydroxyl groups excluding tert-OH is 1. The van der Waals surface area contributed by atoms with Gasteiger partial charge in [0.1, 0.15) is 5.15 Å². The first-order valence-electron chi connectivity index (χ1n) is 13.8. The Labute approximate surface area is 259 Å². The molecule has 0 aliphatic carbocycles. The fourth-order valence-electron chi connectivity index (χ4n) is 5.00. The van der Waals surface area contributed by atoms with E-state index >= 15 is 0 Å². The average Bonchev–Trinajstić information content (AvgIpc) is 3.35. The lowest BCUT2D eigenvalue weighted by Crippen LogP contribution is -2.32. The molecule has 1 aromatic heterocycles. The van der Waals surface area contributed by atoms with Crippen LogP contribution < -0.4 is 5.32 Å². The van der Waals surface area contributed by atoms with E-state index in [1.54, 1.807) is 10.9 Å². The van der Waals surface area contributed by atoms with Gasteiger partial charge >= 0.3 is 5.97 Å². The van der Waals surface area contributed by atoms with E-state index < -0.39 is 12.3 Å². The van der Waals surface area contributed by atoms with Crippen molar-refractivity contribution in [2.75, 3.05) is 0 Å². The maximum absolute atomic E-state index is 12.1. The third kappa shape index (κ3) is 7.81. The van der Waals surface area contributed by atoms with Crippen LogP contribution in [0.2, 0.25) is 10.3 Å². The predicted molar refractivity (Wildman–Crippen MR) is 161 cm³/mol. The fraction of sp³-hybridized carbons (Fsp3) is 0.281. The molecular weight excluding hydrogens is 593 g/mol. The molecule has 0 unspecified atom stereocenters. The largest absolute Gasteiger partial charge is 0.481 e. The van der Waals surface area contributed by atoms with Crippen molar-refractivity contribution in [3.05, 3.63) is 112 Å². The van der Waals surface area contributed by atoms with Gasteiger partial charge in [-0.3, -0.25) is 9.59 Å². The standard InChI is InChI=1S/C32H31Cl2N3O6/c33-30-31(34)37(19-36-30)17-25-15-27(22-7-5-20(18-38)6-8-22)43-32(42-25)23-11-9-21(10-12-23)26-4-2-1-3-24(26)16-35-28(39)13-14-29(40)41/h1-12,19,25,27,32,38H,13-18H2,(H,35,39)(H,40,41)/t25-,27+,32+/m1/s1. The first-order valence-corrected chi connectivity index (χ1v) is 14.6. The van der Waals surface area contributed by atoms with Gasteiger partial charge in [0.15, 0.2) is 11.4 Å². The first-order chi connectivity index (χ1) is 20.8. The number of rotatable bonds is 11. The third-order valence-electron chi connectivity index (χ3n) is 7.30. The number of amides is 1. The maximum Gasteiger partial charge on any atom is 0.303 e. The summed E-state index contributed by atoms with van der Waals surface area (Å²) < 4.78 is 14.6. The van der Waals surface area contributed by atoms with Gasteiger partial charge in [-0.2, -0.15) is 0 Å². The Morgan fingerprint density at radius 2 is 1.67 bits per heavy atom. The highest BCUT2D eigenvalue weighted by atomic mass is 35.5. The number of carboxylic acid groups (broad SMARTS) is 1. The molecule has 224 valence electrons. The van der Waals surface area contributed by atoms with Crippen LogP contribution in [0.1, 0.15) is 53.9 Å². The molecule has 0 saturated carbocycles. The van der Waals surface area contributed by atoms with Crippen molar-refractivity contribution < 1.29 is 29.3 Å². The van der Waals surface area contributed by atoms with E-state index in [0.717, 1.165) is 33.4 Å². The number of carbonyl (C=O) groups is 2. The highest BCUT2D eigenvalue weighted by Crippen LogP contribution is 2.39. The summed E-state index contributed by atoms with van der Waals surface area (Å²) in [6.07, 6.45) is 0.709. The number of benzene rings is 3. The average molecular weight is 625 g/mol. The Balaban J connectivity index is 1.34. The Bertz CT molecular complexity index is 1560. The molecule has 0 spiro atoms. The quantitative estimate of drug-likeness (QED) is 0.185. The molecule has 11 heteroatoms. The fourth-order valence-corrected chi connectivity index (χ4v) is 5.31. The Kier molecular flexibility index (Phi) is 10.1. The number of hydrogen-bond donors (Lipinski definition) is 3. The van der Waals surface area contributed by atoms with E-state index in [1.165, 1.54) is 0 Å². The van der Waals surface area contributed by atoms with Gasteiger partial charge in [0.05, 0.1) is 38.1 Å². The molecule has 0 radical (unpaired) electrons. The van der Waals surface area contributed by atoms with E-state index in [1.807, 2.05) is 72.8 Å². The lowest BCUT2D eigenvalue weighted by Gasteiger charge is -2.36. The molecule has 3 atom stereocenters. The van der Waals surface area contributed by atoms with E-state index in [0.29, 0.717) is 18.1 Å². The predicted octanol–water partition coefficient (Wildman–Crippen LogP) is 6.08. The maximum atomic E-state index is 12.1. The van der Waals surface area contributed by atoms with Crippen LogP contribution >= 0.6 is 23.2 Å². The van der Waals surface area contributed by atoms with Crippen LogP contribution in [0.15, 0.2) is 79.1 Å². The van der Waals surface area contributed by atoms with Gasteiger partial charge in [-0.25, -0.2) is 4.98 Å². The number of carboxylic acids is 1. The van der Waals surface area contributed by atoms with Crippen molar-refractivity contribution in [3.8, 4) is 11.1 Å². The molecule has 1 amide bonds. The molecular formula is C32H31Cl2N3O6. The minimum Gasteiger partial charge on any atom is -0.481 e. The second-order valence-corrected chi connectivity index (χ2v) is 11.0. The molecule has 43 heavy (non-hydrogen) atoms. The second kappa shape index (κ2) is 14.2. The Hall–Kier alpha value is -3.73. The van der Waals surface area contributed by atoms with Gasteiger partial charge in [0, 0.05) is 24.9 Å². The molecule has 4 aromatic rings. The zero-order valence-corrected chi connectivity index (χ0v) is 24.7. The summed E-state index contributed by atoms with van der Waals surface area (Å²) in [5.74, 6) is -1.32. The zero-order valence-electron chi connectivity index (χ0n) is 23.2. The van der Waals surface area contributed by atoms with Gasteiger partial charge in [-0.05, 0) is 27.8 Å². The van der Waals surface area contributed by atoms with Crippen molar-refractivity contribution in [1.29, 1.82) is 0 Å². The van der Waals surface area contributed by atoms with Crippen molar-refractivity contribution >= 4 is 35.1 Å². The first kappa shape index (κ1) is 30.7. The number of aromatic nitrogens is 2. The van der Waals surface area contributed by atoms with E-state index in [4.69, 9.17) is 37.8 Å². The van der Waals surface area contributed by atoms with E-state index in [-0.39, 0.29) is 49.3 Å². The number of ether oxygens (including phenoxy) is 2. The van der Waals surface area contributed by atoms with Crippen LogP contribution in [0.4, 0.5) is 0 Å². The van der Waals surface area contributed by atoms with Crippen LogP contribution in [0.3, 0.4) is 0 Å². The molecule has 0 bridgehead atoms. The van der Waals surface area contributed by atoms with Crippen LogP contribution in [-0.4, -0.2) is 37.7 Å². The number of aliphatic hydroxyl groups is 1. The summed E-state index contributed by atoms with van der Waals surface area (Å²) in [6.45, 7) is 0.685. The second-order valence-electron chi connectivity index (χ2n) is 10.3. The van der Waals surface area contributed by atoms with Crippen molar-refractivity contribution in [3.63, 3.8) is 0 Å². The summed E-state index contributed by atoms with van der Waals surface area (Å²) in [5, 5.41) is 21.7. The summed E-state index contributed by atoms with van der Waals surface area (Å²) >= 11 is 12.4. The monoisotopic (exact) mass is 623 g/mol. The van der Waals surface area contributed by atoms with Gasteiger partial charge in [-0.1, -0.05) is 96.0 Å². The van der Waals surface area contributed by atoms with Crippen LogP contribution in [0.25, 0.3) is 11.1 Å². The Morgan fingerprint density at radius 3 is 2.35 bits per heavy atom. The summed E-state index contributed by atoms with van der Waals surface area (Å²) in [4.78, 5) is 26.9. The Morgan fingerprint density at radius 1 is 0.953 bits per heavy atom. The van der Waals surface area contributed by atoms with Gasteiger partial charge < -0.3 is 29.6 Å². The SMILES string of the molecule is O=C(O)CCC(=O)NCc1ccccc1-c1ccc([C@H]2O[C@@H](Cn3cnc(Cl)c3Cl)C[C@@H](c3ccc(CO)cc3)O2)cc1. The normalized spacial score (nSPS) is 18.3. The highest BCUT2D eigenvalue weighted by molar-refractivity contribution is 6.40. The molecule has 1 aliphatic heterocycles. The zero-order chi connectivity index (χ0) is 30.3. The van der Waals surface area contributed by atoms with Gasteiger partial charge in [-0.15, -0.1) is 0 Å². The molecule has 1 saturated heterocycles. The molecule has 1 fully saturated rings. The van der Waals surface area contributed by atoms with E-state index in [2.05, 4.69) is 10.3 Å². The number of aliphatic carboxylic acids is 1. The smallest absolute Gasteiger partial charge is 0.303 e. The lowest BCUT2D eigenvalue weighted by molar-refractivity contribution is -0.252. The molecule has 3 N–H and O–H groups in total. The van der Waals surface area contributed by atoms with E-state index in [9.17, 15) is 14.7 Å². The number of nitrogens with zero attached hydrogens (tertiary/aromatic N) is 2. The number of carbonyl (C=O) groups excluding carboxylic acids is 1. The summed E-state index contributed by atoms with van der Waals surface area (Å²) in [7, 11) is 0. The summed E-state index contributed by atoms with van der Waals surface area (Å²) in [6, 6.07) is 23.3. The van der Waals surface area contributed by atoms with Crippen LogP contribution in [0, 0.1) is 0 Å². The minimum atomic E-state index is -1.01. The van der Waals surface area contributed by atoms with Gasteiger partial charge in [0.25, 0.3) is 0 Å². The van der Waals surface area contributed by atoms with Crippen LogP contribution in [-0.2, 0) is 38.8 Å². The van der Waals surface area contributed by atoms with Gasteiger partial charge in [0.2, 0.25) is 5.91 Å². The molecule has 9 nitrogen and oxygen atoms in total.